The first kappa shape index (κ1) is 20.9. The van der Waals surface area contributed by atoms with Crippen molar-refractivity contribution in [2.45, 2.75) is 25.1 Å². The molecule has 0 radical (unpaired) electrons. The molecule has 0 saturated carbocycles. The normalized spacial score (nSPS) is 16.2. The molecule has 0 spiro atoms. The Labute approximate surface area is 183 Å². The first-order chi connectivity index (χ1) is 15.1. The largest absolute Gasteiger partial charge is 0.486 e. The lowest BCUT2D eigenvalue weighted by Gasteiger charge is -2.32. The third kappa shape index (κ3) is 5.06. The molecule has 0 fully saturated rings. The Kier molecular flexibility index (Phi) is 6.53. The van der Waals surface area contributed by atoms with Gasteiger partial charge in [-0.3, -0.25) is 9.69 Å². The maximum Gasteiger partial charge on any atom is 0.237 e. The minimum atomic E-state index is -0.323. The topological polar surface area (TPSA) is 50.8 Å². The van der Waals surface area contributed by atoms with E-state index in [1.165, 1.54) is 0 Å². The lowest BCUT2D eigenvalue weighted by Crippen LogP contribution is -2.49. The van der Waals surface area contributed by atoms with Crippen molar-refractivity contribution in [3.8, 4) is 11.5 Å². The van der Waals surface area contributed by atoms with E-state index in [1.807, 2.05) is 104 Å². The molecular formula is C26H28N2O3. The van der Waals surface area contributed by atoms with Crippen LogP contribution in [0.2, 0.25) is 0 Å². The van der Waals surface area contributed by atoms with Crippen molar-refractivity contribution < 1.29 is 14.3 Å². The van der Waals surface area contributed by atoms with E-state index in [2.05, 4.69) is 5.32 Å². The van der Waals surface area contributed by atoms with Crippen molar-refractivity contribution in [3.63, 3.8) is 0 Å². The summed E-state index contributed by atoms with van der Waals surface area (Å²) in [6.07, 6.45) is -0.130. The number of fused-ring (bicyclic) bond motifs is 1. The molecule has 3 aromatic carbocycles. The Morgan fingerprint density at radius 2 is 1.48 bits per heavy atom. The molecule has 5 heteroatoms. The van der Waals surface area contributed by atoms with Gasteiger partial charge in [-0.25, -0.2) is 0 Å². The highest BCUT2D eigenvalue weighted by Crippen LogP contribution is 2.31. The van der Waals surface area contributed by atoms with Crippen LogP contribution in [-0.4, -0.2) is 43.2 Å². The monoisotopic (exact) mass is 416 g/mol. The van der Waals surface area contributed by atoms with Gasteiger partial charge in [0.1, 0.15) is 12.7 Å². The fourth-order valence-corrected chi connectivity index (χ4v) is 3.75. The van der Waals surface area contributed by atoms with Gasteiger partial charge < -0.3 is 14.8 Å². The average Bonchev–Trinajstić information content (AvgIpc) is 2.83. The standard InChI is InChI=1S/C26H28N2O3/c1-19(28(2)17-22-18-30-23-15-9-10-16-24(23)31-22)26(29)27-25(20-11-5-3-6-12-20)21-13-7-4-8-14-21/h3-16,19,22,25H,17-18H2,1-2H3,(H,27,29). The zero-order chi connectivity index (χ0) is 21.6. The first-order valence-corrected chi connectivity index (χ1v) is 10.6. The molecule has 0 saturated heterocycles. The van der Waals surface area contributed by atoms with E-state index in [9.17, 15) is 4.79 Å². The van der Waals surface area contributed by atoms with Gasteiger partial charge in [-0.05, 0) is 37.2 Å². The van der Waals surface area contributed by atoms with Crippen LogP contribution in [0.1, 0.15) is 24.1 Å². The molecule has 1 heterocycles. The Morgan fingerprint density at radius 1 is 0.935 bits per heavy atom. The predicted octanol–water partition coefficient (Wildman–Crippen LogP) is 4.05. The molecule has 1 aliphatic heterocycles. The Morgan fingerprint density at radius 3 is 2.10 bits per heavy atom. The number of hydrogen-bond acceptors (Lipinski definition) is 4. The van der Waals surface area contributed by atoms with Crippen LogP contribution >= 0.6 is 0 Å². The van der Waals surface area contributed by atoms with Crippen LogP contribution in [0.3, 0.4) is 0 Å². The van der Waals surface area contributed by atoms with E-state index in [-0.39, 0.29) is 24.1 Å². The van der Waals surface area contributed by atoms with E-state index in [1.54, 1.807) is 0 Å². The van der Waals surface area contributed by atoms with E-state index < -0.39 is 0 Å². The highest BCUT2D eigenvalue weighted by molar-refractivity contribution is 5.82. The molecule has 1 amide bonds. The molecule has 0 bridgehead atoms. The van der Waals surface area contributed by atoms with Crippen LogP contribution in [0.25, 0.3) is 0 Å². The second-order valence-electron chi connectivity index (χ2n) is 7.88. The van der Waals surface area contributed by atoms with Crippen LogP contribution < -0.4 is 14.8 Å². The summed E-state index contributed by atoms with van der Waals surface area (Å²) in [6, 6.07) is 27.2. The molecule has 3 aromatic rings. The van der Waals surface area contributed by atoms with E-state index >= 15 is 0 Å². The fourth-order valence-electron chi connectivity index (χ4n) is 3.75. The number of hydrogen-bond donors (Lipinski definition) is 1. The third-order valence-corrected chi connectivity index (χ3v) is 5.65. The second kappa shape index (κ2) is 9.67. The Bertz CT molecular complexity index is 954. The number of nitrogens with one attached hydrogen (secondary N) is 1. The number of para-hydroxylation sites is 2. The molecule has 5 nitrogen and oxygen atoms in total. The van der Waals surface area contributed by atoms with Crippen molar-refractivity contribution >= 4 is 5.91 Å². The predicted molar refractivity (Wildman–Crippen MR) is 121 cm³/mol. The van der Waals surface area contributed by atoms with Gasteiger partial charge in [0.05, 0.1) is 12.1 Å². The minimum absolute atomic E-state index is 0.0302. The lowest BCUT2D eigenvalue weighted by atomic mass is 9.98. The first-order valence-electron chi connectivity index (χ1n) is 10.6. The lowest BCUT2D eigenvalue weighted by molar-refractivity contribution is -0.126. The van der Waals surface area contributed by atoms with Crippen LogP contribution in [0.15, 0.2) is 84.9 Å². The van der Waals surface area contributed by atoms with Crippen molar-refractivity contribution in [2.24, 2.45) is 0 Å². The molecular weight excluding hydrogens is 388 g/mol. The van der Waals surface area contributed by atoms with E-state index in [0.29, 0.717) is 13.2 Å². The molecule has 4 rings (SSSR count). The number of amides is 1. The summed E-state index contributed by atoms with van der Waals surface area (Å²) < 4.78 is 11.9. The average molecular weight is 417 g/mol. The molecule has 0 aromatic heterocycles. The maximum absolute atomic E-state index is 13.2. The quantitative estimate of drug-likeness (QED) is 0.631. The van der Waals surface area contributed by atoms with Crippen LogP contribution in [-0.2, 0) is 4.79 Å². The molecule has 31 heavy (non-hydrogen) atoms. The molecule has 2 atom stereocenters. The van der Waals surface area contributed by atoms with Gasteiger partial charge in [-0.15, -0.1) is 0 Å². The van der Waals surface area contributed by atoms with E-state index in [0.717, 1.165) is 22.6 Å². The highest BCUT2D eigenvalue weighted by Gasteiger charge is 2.27. The number of rotatable bonds is 7. The number of carbonyl (C=O) groups excluding carboxylic acids is 1. The number of nitrogens with zero attached hydrogens (tertiary/aromatic N) is 1. The number of likely N-dealkylation sites (N-methyl/N-ethyl adjacent to an activating group) is 1. The number of ether oxygens (including phenoxy) is 2. The summed E-state index contributed by atoms with van der Waals surface area (Å²) in [5.74, 6) is 1.48. The van der Waals surface area contributed by atoms with Gasteiger partial charge in [0.15, 0.2) is 11.5 Å². The van der Waals surface area contributed by atoms with Crippen molar-refractivity contribution in [2.75, 3.05) is 20.2 Å². The van der Waals surface area contributed by atoms with Crippen LogP contribution in [0.4, 0.5) is 0 Å². The van der Waals surface area contributed by atoms with Crippen molar-refractivity contribution in [1.82, 2.24) is 10.2 Å². The molecule has 2 unspecified atom stereocenters. The van der Waals surface area contributed by atoms with Gasteiger partial charge in [0, 0.05) is 6.54 Å². The number of carbonyl (C=O) groups is 1. The molecule has 1 N–H and O–H groups in total. The van der Waals surface area contributed by atoms with Gasteiger partial charge in [0.2, 0.25) is 5.91 Å². The van der Waals surface area contributed by atoms with Gasteiger partial charge in [-0.2, -0.15) is 0 Å². The number of benzene rings is 3. The van der Waals surface area contributed by atoms with E-state index in [4.69, 9.17) is 9.47 Å². The molecule has 1 aliphatic rings. The zero-order valence-electron chi connectivity index (χ0n) is 17.9. The Hall–Kier alpha value is -3.31. The molecule has 160 valence electrons. The summed E-state index contributed by atoms with van der Waals surface area (Å²) in [6.45, 7) is 2.97. The van der Waals surface area contributed by atoms with Crippen LogP contribution in [0.5, 0.6) is 11.5 Å². The third-order valence-electron chi connectivity index (χ3n) is 5.65. The van der Waals surface area contributed by atoms with Crippen molar-refractivity contribution in [3.05, 3.63) is 96.1 Å². The zero-order valence-corrected chi connectivity index (χ0v) is 17.9. The maximum atomic E-state index is 13.2. The van der Waals surface area contributed by atoms with Gasteiger partial charge in [0.25, 0.3) is 0 Å². The summed E-state index contributed by atoms with van der Waals surface area (Å²) in [5, 5.41) is 3.23. The van der Waals surface area contributed by atoms with Gasteiger partial charge in [-0.1, -0.05) is 72.8 Å². The highest BCUT2D eigenvalue weighted by atomic mass is 16.6. The smallest absolute Gasteiger partial charge is 0.237 e. The Balaban J connectivity index is 1.42. The summed E-state index contributed by atoms with van der Waals surface area (Å²) in [7, 11) is 1.94. The fraction of sp³-hybridized carbons (Fsp3) is 0.269. The van der Waals surface area contributed by atoms with Crippen LogP contribution in [0, 0.1) is 0 Å². The molecule has 0 aliphatic carbocycles. The summed E-state index contributed by atoms with van der Waals surface area (Å²) in [4.78, 5) is 15.2. The second-order valence-corrected chi connectivity index (χ2v) is 7.88. The SMILES string of the molecule is CC(C(=O)NC(c1ccccc1)c1ccccc1)N(C)CC1COc2ccccc2O1. The van der Waals surface area contributed by atoms with Gasteiger partial charge >= 0.3 is 0 Å². The van der Waals surface area contributed by atoms with Crippen molar-refractivity contribution in [1.29, 1.82) is 0 Å². The minimum Gasteiger partial charge on any atom is -0.486 e. The summed E-state index contributed by atoms with van der Waals surface area (Å²) in [5.41, 5.74) is 2.11. The summed E-state index contributed by atoms with van der Waals surface area (Å²) >= 11 is 0.